The second-order valence-corrected chi connectivity index (χ2v) is 7.07. The maximum Gasteiger partial charge on any atom is 0.234 e. The third-order valence-corrected chi connectivity index (χ3v) is 5.09. The molecule has 0 spiro atoms. The molecule has 2 heterocycles. The third-order valence-electron chi connectivity index (χ3n) is 3.08. The van der Waals surface area contributed by atoms with Crippen LogP contribution in [0.15, 0.2) is 51.4 Å². The van der Waals surface area contributed by atoms with Gasteiger partial charge < -0.3 is 19.8 Å². The number of benzene rings is 1. The van der Waals surface area contributed by atoms with Gasteiger partial charge in [0.1, 0.15) is 11.5 Å². The molecule has 3 rings (SSSR count). The summed E-state index contributed by atoms with van der Waals surface area (Å²) >= 11 is 2.74. The van der Waals surface area contributed by atoms with Gasteiger partial charge in [-0.1, -0.05) is 29.2 Å². The van der Waals surface area contributed by atoms with E-state index in [9.17, 15) is 4.79 Å². The van der Waals surface area contributed by atoms with Crippen molar-refractivity contribution < 1.29 is 13.9 Å². The molecular weight excluding hydrogens is 360 g/mol. The van der Waals surface area contributed by atoms with Crippen LogP contribution >= 0.6 is 23.1 Å². The van der Waals surface area contributed by atoms with Gasteiger partial charge in [-0.3, -0.25) is 4.79 Å². The largest absolute Gasteiger partial charge is 0.497 e. The molecule has 9 heteroatoms. The molecule has 0 unspecified atom stereocenters. The summed E-state index contributed by atoms with van der Waals surface area (Å²) in [7, 11) is 1.59. The fourth-order valence-corrected chi connectivity index (χ4v) is 3.49. The highest BCUT2D eigenvalue weighted by Crippen LogP contribution is 2.26. The van der Waals surface area contributed by atoms with Gasteiger partial charge in [-0.2, -0.15) is 0 Å². The molecule has 0 bridgehead atoms. The van der Waals surface area contributed by atoms with Crippen molar-refractivity contribution in [1.29, 1.82) is 0 Å². The van der Waals surface area contributed by atoms with E-state index in [4.69, 9.17) is 9.15 Å². The van der Waals surface area contributed by atoms with Gasteiger partial charge in [-0.15, -0.1) is 10.2 Å². The molecule has 25 heavy (non-hydrogen) atoms. The zero-order valence-electron chi connectivity index (χ0n) is 13.4. The van der Waals surface area contributed by atoms with Crippen LogP contribution in [0.5, 0.6) is 5.75 Å². The number of rotatable bonds is 8. The predicted molar refractivity (Wildman–Crippen MR) is 98.3 cm³/mol. The highest BCUT2D eigenvalue weighted by Gasteiger charge is 2.09. The maximum atomic E-state index is 12.0. The number of carbonyl (C=O) groups excluding carboxylic acids is 1. The average Bonchev–Trinajstić information content (AvgIpc) is 3.30. The van der Waals surface area contributed by atoms with Gasteiger partial charge in [-0.25, -0.2) is 0 Å². The molecule has 0 aliphatic carbocycles. The Balaban J connectivity index is 1.45. The number of amides is 1. The Hall–Kier alpha value is -2.52. The zero-order chi connectivity index (χ0) is 17.5. The second kappa shape index (κ2) is 8.54. The van der Waals surface area contributed by atoms with E-state index in [1.54, 1.807) is 19.4 Å². The van der Waals surface area contributed by atoms with Crippen LogP contribution in [0.3, 0.4) is 0 Å². The number of aromatic nitrogens is 2. The summed E-state index contributed by atoms with van der Waals surface area (Å²) in [5.74, 6) is 1.66. The molecule has 1 aromatic carbocycles. The van der Waals surface area contributed by atoms with Gasteiger partial charge in [-0.05, 0) is 24.3 Å². The van der Waals surface area contributed by atoms with Crippen molar-refractivity contribution in [3.63, 3.8) is 0 Å². The van der Waals surface area contributed by atoms with Crippen molar-refractivity contribution in [2.45, 2.75) is 10.9 Å². The second-order valence-electron chi connectivity index (χ2n) is 4.87. The number of anilines is 2. The number of carbonyl (C=O) groups is 1. The van der Waals surface area contributed by atoms with Crippen molar-refractivity contribution in [1.82, 2.24) is 10.2 Å². The van der Waals surface area contributed by atoms with Crippen molar-refractivity contribution in [2.75, 3.05) is 23.5 Å². The smallest absolute Gasteiger partial charge is 0.234 e. The first kappa shape index (κ1) is 17.3. The van der Waals surface area contributed by atoms with Crippen LogP contribution in [-0.4, -0.2) is 29.0 Å². The van der Waals surface area contributed by atoms with Gasteiger partial charge >= 0.3 is 0 Å². The number of furan rings is 1. The molecule has 130 valence electrons. The predicted octanol–water partition coefficient (Wildman–Crippen LogP) is 3.48. The quantitative estimate of drug-likeness (QED) is 0.582. The van der Waals surface area contributed by atoms with Gasteiger partial charge in [0.2, 0.25) is 11.0 Å². The lowest BCUT2D eigenvalue weighted by Crippen LogP contribution is -2.13. The van der Waals surface area contributed by atoms with Crippen LogP contribution in [0.1, 0.15) is 5.76 Å². The molecule has 2 aromatic heterocycles. The molecule has 0 saturated carbocycles. The van der Waals surface area contributed by atoms with Crippen LogP contribution in [-0.2, 0) is 11.3 Å². The van der Waals surface area contributed by atoms with E-state index in [0.29, 0.717) is 23.1 Å². The molecule has 1 amide bonds. The monoisotopic (exact) mass is 376 g/mol. The number of nitrogens with one attached hydrogen (secondary N) is 2. The van der Waals surface area contributed by atoms with Crippen molar-refractivity contribution in [2.24, 2.45) is 0 Å². The SMILES string of the molecule is COc1cccc(NC(=O)CSc2nnc(NCc3ccco3)s2)c1. The fraction of sp³-hybridized carbons (Fsp3) is 0.188. The first-order chi connectivity index (χ1) is 12.2. The van der Waals surface area contributed by atoms with Crippen LogP contribution in [0.25, 0.3) is 0 Å². The first-order valence-corrected chi connectivity index (χ1v) is 9.19. The third kappa shape index (κ3) is 5.23. The Morgan fingerprint density at radius 1 is 1.32 bits per heavy atom. The Morgan fingerprint density at radius 2 is 2.24 bits per heavy atom. The van der Waals surface area contributed by atoms with Crippen molar-refractivity contribution >= 4 is 39.8 Å². The number of hydrogen-bond donors (Lipinski definition) is 2. The lowest BCUT2D eigenvalue weighted by molar-refractivity contribution is -0.113. The lowest BCUT2D eigenvalue weighted by atomic mass is 10.3. The van der Waals surface area contributed by atoms with E-state index < -0.39 is 0 Å². The van der Waals surface area contributed by atoms with Gasteiger partial charge in [0.25, 0.3) is 0 Å². The lowest BCUT2D eigenvalue weighted by Gasteiger charge is -2.06. The topological polar surface area (TPSA) is 89.3 Å². The molecule has 0 radical (unpaired) electrons. The van der Waals surface area contributed by atoms with E-state index in [-0.39, 0.29) is 11.7 Å². The Labute approximate surface area is 152 Å². The number of thioether (sulfide) groups is 1. The van der Waals surface area contributed by atoms with E-state index >= 15 is 0 Å². The Bertz CT molecular complexity index is 820. The van der Waals surface area contributed by atoms with Crippen LogP contribution in [0, 0.1) is 0 Å². The molecule has 0 fully saturated rings. The standard InChI is InChI=1S/C16H16N4O3S2/c1-22-12-5-2-4-11(8-12)18-14(21)10-24-16-20-19-15(25-16)17-9-13-6-3-7-23-13/h2-8H,9-10H2,1H3,(H,17,19)(H,18,21). The number of ether oxygens (including phenoxy) is 1. The number of methoxy groups -OCH3 is 1. The fourth-order valence-electron chi connectivity index (χ4n) is 1.94. The van der Waals surface area contributed by atoms with Gasteiger partial charge in [0.15, 0.2) is 4.34 Å². The van der Waals surface area contributed by atoms with E-state index in [1.807, 2.05) is 30.3 Å². The minimum Gasteiger partial charge on any atom is -0.497 e. The summed E-state index contributed by atoms with van der Waals surface area (Å²) < 4.78 is 11.1. The molecule has 2 N–H and O–H groups in total. The Morgan fingerprint density at radius 3 is 3.04 bits per heavy atom. The van der Waals surface area contributed by atoms with Crippen LogP contribution in [0.2, 0.25) is 0 Å². The summed E-state index contributed by atoms with van der Waals surface area (Å²) in [6, 6.07) is 10.9. The van der Waals surface area contributed by atoms with Crippen molar-refractivity contribution in [3.05, 3.63) is 48.4 Å². The van der Waals surface area contributed by atoms with E-state index in [1.165, 1.54) is 23.1 Å². The Kier molecular flexibility index (Phi) is 5.91. The first-order valence-electron chi connectivity index (χ1n) is 7.39. The molecule has 0 aliphatic heterocycles. The van der Waals surface area contributed by atoms with Crippen LogP contribution in [0.4, 0.5) is 10.8 Å². The highest BCUT2D eigenvalue weighted by atomic mass is 32.2. The minimum atomic E-state index is -0.112. The number of hydrogen-bond acceptors (Lipinski definition) is 8. The van der Waals surface area contributed by atoms with E-state index in [2.05, 4.69) is 20.8 Å². The molecular formula is C16H16N4O3S2. The van der Waals surface area contributed by atoms with Gasteiger partial charge in [0.05, 0.1) is 25.7 Å². The summed E-state index contributed by atoms with van der Waals surface area (Å²) in [6.07, 6.45) is 1.62. The maximum absolute atomic E-state index is 12.0. The van der Waals surface area contributed by atoms with E-state index in [0.717, 1.165) is 10.1 Å². The summed E-state index contributed by atoms with van der Waals surface area (Å²) in [6.45, 7) is 0.544. The molecule has 0 atom stereocenters. The number of nitrogens with zero attached hydrogens (tertiary/aromatic N) is 2. The van der Waals surface area contributed by atoms with Gasteiger partial charge in [0, 0.05) is 11.8 Å². The minimum absolute atomic E-state index is 0.112. The zero-order valence-corrected chi connectivity index (χ0v) is 15.0. The summed E-state index contributed by atoms with van der Waals surface area (Å²) in [5, 5.41) is 14.8. The molecule has 3 aromatic rings. The van der Waals surface area contributed by atoms with Crippen molar-refractivity contribution in [3.8, 4) is 5.75 Å². The molecule has 7 nitrogen and oxygen atoms in total. The highest BCUT2D eigenvalue weighted by molar-refractivity contribution is 8.01. The molecule has 0 aliphatic rings. The normalized spacial score (nSPS) is 10.4. The van der Waals surface area contributed by atoms with Crippen LogP contribution < -0.4 is 15.4 Å². The summed E-state index contributed by atoms with van der Waals surface area (Å²) in [5.41, 5.74) is 0.697. The summed E-state index contributed by atoms with van der Waals surface area (Å²) in [4.78, 5) is 12.0. The average molecular weight is 376 g/mol. The molecule has 0 saturated heterocycles.